The molecule has 2 N–H and O–H groups in total. The number of aromatic nitrogens is 2. The lowest BCUT2D eigenvalue weighted by atomic mass is 9.73. The van der Waals surface area contributed by atoms with Crippen molar-refractivity contribution in [3.8, 4) is 0 Å². The van der Waals surface area contributed by atoms with E-state index in [1.165, 1.54) is 5.56 Å². The van der Waals surface area contributed by atoms with Gasteiger partial charge in [0.1, 0.15) is 5.82 Å². The van der Waals surface area contributed by atoms with Crippen molar-refractivity contribution in [2.75, 3.05) is 20.3 Å². The molecule has 20 heavy (non-hydrogen) atoms. The zero-order valence-corrected chi connectivity index (χ0v) is 11.9. The summed E-state index contributed by atoms with van der Waals surface area (Å²) in [6, 6.07) is 10.7. The van der Waals surface area contributed by atoms with Crippen LogP contribution in [0.15, 0.2) is 36.5 Å². The number of benzene rings is 1. The summed E-state index contributed by atoms with van der Waals surface area (Å²) in [4.78, 5) is 8.15. The molecule has 1 aliphatic rings. The van der Waals surface area contributed by atoms with Gasteiger partial charge in [-0.3, -0.25) is 0 Å². The first-order chi connectivity index (χ1) is 9.85. The molecule has 0 saturated carbocycles. The SMILES string of the molecule is CNCc1cnc(C2(c3ccccc3)CCOCC2)[nH]1. The highest BCUT2D eigenvalue weighted by Gasteiger charge is 2.38. The molecule has 0 atom stereocenters. The van der Waals surface area contributed by atoms with E-state index in [9.17, 15) is 0 Å². The van der Waals surface area contributed by atoms with Crippen LogP contribution in [0.5, 0.6) is 0 Å². The Morgan fingerprint density at radius 3 is 2.70 bits per heavy atom. The molecule has 1 aromatic heterocycles. The third-order valence-electron chi connectivity index (χ3n) is 4.12. The Balaban J connectivity index is 2.00. The van der Waals surface area contributed by atoms with Gasteiger partial charge in [-0.2, -0.15) is 0 Å². The minimum atomic E-state index is -0.0362. The van der Waals surface area contributed by atoms with E-state index in [0.717, 1.165) is 44.1 Å². The zero-order valence-electron chi connectivity index (χ0n) is 11.9. The zero-order chi connectivity index (χ0) is 13.8. The third kappa shape index (κ3) is 2.37. The quantitative estimate of drug-likeness (QED) is 0.896. The molecule has 0 bridgehead atoms. The number of ether oxygens (including phenoxy) is 1. The monoisotopic (exact) mass is 271 g/mol. The number of aromatic amines is 1. The first kappa shape index (κ1) is 13.3. The normalized spacial score (nSPS) is 18.1. The van der Waals surface area contributed by atoms with Gasteiger partial charge in [-0.25, -0.2) is 4.98 Å². The van der Waals surface area contributed by atoms with E-state index in [2.05, 4.69) is 45.6 Å². The van der Waals surface area contributed by atoms with Crippen LogP contribution in [0.2, 0.25) is 0 Å². The Kier molecular flexibility index (Phi) is 3.85. The summed E-state index contributed by atoms with van der Waals surface area (Å²) in [5, 5.41) is 3.16. The lowest BCUT2D eigenvalue weighted by Gasteiger charge is -2.36. The van der Waals surface area contributed by atoms with Crippen LogP contribution in [0.1, 0.15) is 29.9 Å². The largest absolute Gasteiger partial charge is 0.381 e. The Morgan fingerprint density at radius 2 is 2.00 bits per heavy atom. The van der Waals surface area contributed by atoms with Crippen molar-refractivity contribution in [1.82, 2.24) is 15.3 Å². The van der Waals surface area contributed by atoms with Crippen molar-refractivity contribution in [2.45, 2.75) is 24.8 Å². The van der Waals surface area contributed by atoms with Gasteiger partial charge in [0.25, 0.3) is 0 Å². The first-order valence-corrected chi connectivity index (χ1v) is 7.17. The maximum absolute atomic E-state index is 5.57. The Morgan fingerprint density at radius 1 is 1.25 bits per heavy atom. The number of nitrogens with one attached hydrogen (secondary N) is 2. The van der Waals surface area contributed by atoms with Gasteiger partial charge in [-0.15, -0.1) is 0 Å². The highest BCUT2D eigenvalue weighted by Crippen LogP contribution is 2.39. The van der Waals surface area contributed by atoms with Crippen LogP contribution in [0, 0.1) is 0 Å². The van der Waals surface area contributed by atoms with Crippen molar-refractivity contribution >= 4 is 0 Å². The number of hydrogen-bond acceptors (Lipinski definition) is 3. The second kappa shape index (κ2) is 5.77. The summed E-state index contributed by atoms with van der Waals surface area (Å²) in [5.74, 6) is 1.07. The second-order valence-electron chi connectivity index (χ2n) is 5.35. The molecular weight excluding hydrogens is 250 g/mol. The highest BCUT2D eigenvalue weighted by molar-refractivity contribution is 5.34. The molecule has 1 aromatic carbocycles. The summed E-state index contributed by atoms with van der Waals surface area (Å²) >= 11 is 0. The molecule has 0 amide bonds. The summed E-state index contributed by atoms with van der Waals surface area (Å²) in [7, 11) is 1.95. The van der Waals surface area contributed by atoms with Crippen molar-refractivity contribution in [1.29, 1.82) is 0 Å². The van der Waals surface area contributed by atoms with Crippen molar-refractivity contribution < 1.29 is 4.74 Å². The smallest absolute Gasteiger partial charge is 0.117 e. The number of rotatable bonds is 4. The van der Waals surface area contributed by atoms with Gasteiger partial charge in [0.05, 0.1) is 5.41 Å². The summed E-state index contributed by atoms with van der Waals surface area (Å²) in [6.07, 6.45) is 3.89. The van der Waals surface area contributed by atoms with Crippen molar-refractivity contribution in [3.05, 3.63) is 53.6 Å². The second-order valence-corrected chi connectivity index (χ2v) is 5.35. The fourth-order valence-electron chi connectivity index (χ4n) is 3.02. The third-order valence-corrected chi connectivity index (χ3v) is 4.12. The molecule has 4 heteroatoms. The van der Waals surface area contributed by atoms with E-state index < -0.39 is 0 Å². The van der Waals surface area contributed by atoms with Crippen molar-refractivity contribution in [3.63, 3.8) is 0 Å². The van der Waals surface area contributed by atoms with Gasteiger partial charge in [-0.1, -0.05) is 30.3 Å². The predicted octanol–water partition coefficient (Wildman–Crippen LogP) is 2.23. The van der Waals surface area contributed by atoms with Crippen LogP contribution in [0.25, 0.3) is 0 Å². The number of hydrogen-bond donors (Lipinski definition) is 2. The molecule has 1 aliphatic heterocycles. The van der Waals surface area contributed by atoms with Crippen LogP contribution in [0.3, 0.4) is 0 Å². The summed E-state index contributed by atoms with van der Waals surface area (Å²) in [6.45, 7) is 2.39. The average molecular weight is 271 g/mol. The van der Waals surface area contributed by atoms with Crippen LogP contribution in [0.4, 0.5) is 0 Å². The molecule has 0 aliphatic carbocycles. The molecule has 1 fully saturated rings. The van der Waals surface area contributed by atoms with Crippen LogP contribution >= 0.6 is 0 Å². The van der Waals surface area contributed by atoms with E-state index in [4.69, 9.17) is 4.74 Å². The van der Waals surface area contributed by atoms with Gasteiger partial charge >= 0.3 is 0 Å². The topological polar surface area (TPSA) is 49.9 Å². The number of H-pyrrole nitrogens is 1. The lowest BCUT2D eigenvalue weighted by Crippen LogP contribution is -2.36. The number of nitrogens with zero attached hydrogens (tertiary/aromatic N) is 1. The molecule has 2 heterocycles. The summed E-state index contributed by atoms with van der Waals surface area (Å²) in [5.41, 5.74) is 2.42. The Bertz CT molecular complexity index is 544. The summed E-state index contributed by atoms with van der Waals surface area (Å²) < 4.78 is 5.57. The van der Waals surface area contributed by atoms with Gasteiger partial charge in [0.15, 0.2) is 0 Å². The van der Waals surface area contributed by atoms with Gasteiger partial charge < -0.3 is 15.0 Å². The van der Waals surface area contributed by atoms with Gasteiger partial charge in [0, 0.05) is 31.6 Å². The predicted molar refractivity (Wildman–Crippen MR) is 78.6 cm³/mol. The van der Waals surface area contributed by atoms with Gasteiger partial charge in [0.2, 0.25) is 0 Å². The fourth-order valence-corrected chi connectivity index (χ4v) is 3.02. The highest BCUT2D eigenvalue weighted by atomic mass is 16.5. The molecule has 106 valence electrons. The first-order valence-electron chi connectivity index (χ1n) is 7.17. The minimum absolute atomic E-state index is 0.0362. The molecule has 0 radical (unpaired) electrons. The molecule has 2 aromatic rings. The van der Waals surface area contributed by atoms with Crippen LogP contribution in [-0.4, -0.2) is 30.2 Å². The minimum Gasteiger partial charge on any atom is -0.381 e. The standard InChI is InChI=1S/C16H21N3O/c1-17-11-14-12-18-15(19-14)16(7-9-20-10-8-16)13-5-3-2-4-6-13/h2-6,12,17H,7-11H2,1H3,(H,18,19). The fraction of sp³-hybridized carbons (Fsp3) is 0.438. The molecule has 1 saturated heterocycles. The molecular formula is C16H21N3O. The molecule has 3 rings (SSSR count). The van der Waals surface area contributed by atoms with E-state index >= 15 is 0 Å². The molecule has 0 spiro atoms. The van der Waals surface area contributed by atoms with E-state index in [-0.39, 0.29) is 5.41 Å². The number of imidazole rings is 1. The maximum Gasteiger partial charge on any atom is 0.117 e. The van der Waals surface area contributed by atoms with Crippen molar-refractivity contribution in [2.24, 2.45) is 0 Å². The molecule has 0 unspecified atom stereocenters. The maximum atomic E-state index is 5.57. The van der Waals surface area contributed by atoms with E-state index in [1.807, 2.05) is 13.2 Å². The average Bonchev–Trinajstić information content (AvgIpc) is 2.98. The Hall–Kier alpha value is -1.65. The Labute approximate surface area is 119 Å². The van der Waals surface area contributed by atoms with Crippen LogP contribution in [-0.2, 0) is 16.7 Å². The van der Waals surface area contributed by atoms with E-state index in [1.54, 1.807) is 0 Å². The van der Waals surface area contributed by atoms with E-state index in [0.29, 0.717) is 0 Å². The van der Waals surface area contributed by atoms with Crippen LogP contribution < -0.4 is 5.32 Å². The van der Waals surface area contributed by atoms with Gasteiger partial charge in [-0.05, 0) is 25.5 Å². The lowest BCUT2D eigenvalue weighted by molar-refractivity contribution is 0.0607. The molecule has 4 nitrogen and oxygen atoms in total.